The van der Waals surface area contributed by atoms with Crippen molar-refractivity contribution in [3.63, 3.8) is 0 Å². The minimum absolute atomic E-state index is 0.0839. The van der Waals surface area contributed by atoms with E-state index in [4.69, 9.17) is 10.2 Å². The summed E-state index contributed by atoms with van der Waals surface area (Å²) in [6.45, 7) is 0.523. The van der Waals surface area contributed by atoms with E-state index in [1.165, 1.54) is 0 Å². The van der Waals surface area contributed by atoms with E-state index in [2.05, 4.69) is 27.9 Å². The van der Waals surface area contributed by atoms with Crippen LogP contribution in [0.5, 0.6) is 0 Å². The molecule has 3 nitrogen and oxygen atoms in total. The molecular weight excluding hydrogens is 233 g/mol. The van der Waals surface area contributed by atoms with E-state index in [1.807, 2.05) is 0 Å². The highest BCUT2D eigenvalue weighted by Gasteiger charge is 2.31. The molecule has 0 spiro atoms. The van der Waals surface area contributed by atoms with Crippen LogP contribution in [0.4, 0.5) is 0 Å². The fraction of sp³-hybridized carbons (Fsp3) is 1.00. The molecule has 1 heterocycles. The van der Waals surface area contributed by atoms with Crippen LogP contribution >= 0.6 is 22.6 Å². The first kappa shape index (κ1) is 7.71. The standard InChI is InChI=1S/C5H10INO2/c6-1-3-5(9)4(8)2-7-3/h3-5,7-9H,1-2H2/t3-,4+,5+/m1/s1. The van der Waals surface area contributed by atoms with Crippen LogP contribution in [0.1, 0.15) is 0 Å². The maximum atomic E-state index is 9.14. The molecule has 0 aromatic rings. The lowest BCUT2D eigenvalue weighted by Gasteiger charge is -2.11. The van der Waals surface area contributed by atoms with Gasteiger partial charge in [-0.1, -0.05) is 22.6 Å². The molecule has 1 aliphatic rings. The predicted octanol–water partition coefficient (Wildman–Crippen LogP) is -0.885. The van der Waals surface area contributed by atoms with Gasteiger partial charge in [-0.25, -0.2) is 0 Å². The van der Waals surface area contributed by atoms with Crippen molar-refractivity contribution in [2.45, 2.75) is 18.2 Å². The largest absolute Gasteiger partial charge is 0.389 e. The van der Waals surface area contributed by atoms with Crippen molar-refractivity contribution in [2.24, 2.45) is 0 Å². The molecule has 0 aromatic heterocycles. The lowest BCUT2D eigenvalue weighted by molar-refractivity contribution is 0.0447. The van der Waals surface area contributed by atoms with Gasteiger partial charge in [-0.2, -0.15) is 0 Å². The van der Waals surface area contributed by atoms with Crippen LogP contribution in [-0.4, -0.2) is 39.4 Å². The normalized spacial score (nSPS) is 43.7. The Morgan fingerprint density at radius 2 is 2.22 bits per heavy atom. The SMILES string of the molecule is O[C@@H]1[C@@H](O)CN[C@@H]1CI. The molecule has 3 N–H and O–H groups in total. The van der Waals surface area contributed by atoms with Gasteiger partial charge in [0, 0.05) is 17.0 Å². The second-order valence-corrected chi connectivity index (χ2v) is 3.11. The van der Waals surface area contributed by atoms with Gasteiger partial charge >= 0.3 is 0 Å². The third kappa shape index (κ3) is 1.54. The van der Waals surface area contributed by atoms with E-state index >= 15 is 0 Å². The van der Waals surface area contributed by atoms with E-state index in [1.54, 1.807) is 0 Å². The van der Waals surface area contributed by atoms with Crippen molar-refractivity contribution in [3.8, 4) is 0 Å². The number of β-amino-alcohol motifs (C(OH)–C–C–N with tert-alkyl or cyclic N) is 1. The van der Waals surface area contributed by atoms with Crippen molar-refractivity contribution in [1.82, 2.24) is 5.32 Å². The molecule has 3 atom stereocenters. The number of halogens is 1. The van der Waals surface area contributed by atoms with Crippen LogP contribution in [0, 0.1) is 0 Å². The summed E-state index contributed by atoms with van der Waals surface area (Å²) < 4.78 is 0.843. The van der Waals surface area contributed by atoms with Crippen molar-refractivity contribution in [3.05, 3.63) is 0 Å². The number of hydrogen-bond donors (Lipinski definition) is 3. The second-order valence-electron chi connectivity index (χ2n) is 2.23. The maximum Gasteiger partial charge on any atom is 0.0971 e. The first-order chi connectivity index (χ1) is 4.25. The molecule has 0 bridgehead atoms. The molecule has 0 saturated carbocycles. The molecule has 1 rings (SSSR count). The van der Waals surface area contributed by atoms with Crippen molar-refractivity contribution in [1.29, 1.82) is 0 Å². The van der Waals surface area contributed by atoms with Gasteiger partial charge < -0.3 is 15.5 Å². The van der Waals surface area contributed by atoms with Gasteiger partial charge in [0.1, 0.15) is 0 Å². The van der Waals surface area contributed by atoms with Gasteiger partial charge in [0.25, 0.3) is 0 Å². The molecule has 0 unspecified atom stereocenters. The molecule has 1 saturated heterocycles. The van der Waals surface area contributed by atoms with E-state index in [0.29, 0.717) is 6.54 Å². The molecule has 0 aliphatic carbocycles. The summed E-state index contributed by atoms with van der Waals surface area (Å²) in [5.74, 6) is 0. The maximum absolute atomic E-state index is 9.14. The smallest absolute Gasteiger partial charge is 0.0971 e. The Labute approximate surface area is 67.6 Å². The van der Waals surface area contributed by atoms with Crippen molar-refractivity contribution in [2.75, 3.05) is 11.0 Å². The molecular formula is C5H10INO2. The minimum atomic E-state index is -0.568. The molecule has 9 heavy (non-hydrogen) atoms. The Morgan fingerprint density at radius 3 is 2.44 bits per heavy atom. The van der Waals surface area contributed by atoms with Gasteiger partial charge in [0.2, 0.25) is 0 Å². The first-order valence-electron chi connectivity index (χ1n) is 2.91. The third-order valence-corrected chi connectivity index (χ3v) is 2.51. The highest BCUT2D eigenvalue weighted by atomic mass is 127. The Balaban J connectivity index is 2.41. The zero-order valence-corrected chi connectivity index (χ0v) is 7.08. The van der Waals surface area contributed by atoms with Crippen molar-refractivity contribution < 1.29 is 10.2 Å². The van der Waals surface area contributed by atoms with Gasteiger partial charge in [-0.3, -0.25) is 0 Å². The number of hydrogen-bond acceptors (Lipinski definition) is 3. The number of rotatable bonds is 1. The summed E-state index contributed by atoms with van der Waals surface area (Å²) in [4.78, 5) is 0. The van der Waals surface area contributed by atoms with E-state index in [-0.39, 0.29) is 6.04 Å². The van der Waals surface area contributed by atoms with Crippen molar-refractivity contribution >= 4 is 22.6 Å². The monoisotopic (exact) mass is 243 g/mol. The molecule has 0 aromatic carbocycles. The number of aliphatic hydroxyl groups is 2. The minimum Gasteiger partial charge on any atom is -0.389 e. The summed E-state index contributed by atoms with van der Waals surface area (Å²) in [5.41, 5.74) is 0. The van der Waals surface area contributed by atoms with E-state index in [9.17, 15) is 0 Å². The molecule has 0 radical (unpaired) electrons. The fourth-order valence-corrected chi connectivity index (χ4v) is 1.76. The average Bonchev–Trinajstić information content (AvgIpc) is 2.15. The number of aliphatic hydroxyl groups excluding tert-OH is 2. The van der Waals surface area contributed by atoms with E-state index in [0.717, 1.165) is 4.43 Å². The Bertz CT molecular complexity index is 101. The van der Waals surface area contributed by atoms with Crippen LogP contribution in [0.3, 0.4) is 0 Å². The van der Waals surface area contributed by atoms with Crippen LogP contribution < -0.4 is 5.32 Å². The zero-order valence-electron chi connectivity index (χ0n) is 4.92. The second kappa shape index (κ2) is 3.14. The highest BCUT2D eigenvalue weighted by Crippen LogP contribution is 2.09. The Morgan fingerprint density at radius 1 is 1.56 bits per heavy atom. The summed E-state index contributed by atoms with van der Waals surface area (Å²) in [6.07, 6.45) is -1.13. The lowest BCUT2D eigenvalue weighted by atomic mass is 10.2. The third-order valence-electron chi connectivity index (χ3n) is 1.56. The summed E-state index contributed by atoms with van der Waals surface area (Å²) >= 11 is 2.18. The molecule has 54 valence electrons. The zero-order chi connectivity index (χ0) is 6.85. The molecule has 4 heteroatoms. The van der Waals surface area contributed by atoms with Crippen LogP contribution in [0.2, 0.25) is 0 Å². The van der Waals surface area contributed by atoms with Gasteiger partial charge in [0.15, 0.2) is 0 Å². The summed E-state index contributed by atoms with van der Waals surface area (Å²) in [7, 11) is 0. The first-order valence-corrected chi connectivity index (χ1v) is 4.43. The molecule has 0 amide bonds. The lowest BCUT2D eigenvalue weighted by Crippen LogP contribution is -2.34. The van der Waals surface area contributed by atoms with E-state index < -0.39 is 12.2 Å². The van der Waals surface area contributed by atoms with Gasteiger partial charge in [0.05, 0.1) is 12.2 Å². The molecule has 1 aliphatic heterocycles. The summed E-state index contributed by atoms with van der Waals surface area (Å²) in [6, 6.07) is 0.0839. The topological polar surface area (TPSA) is 52.5 Å². The Kier molecular flexibility index (Phi) is 2.69. The van der Waals surface area contributed by atoms with Gasteiger partial charge in [-0.15, -0.1) is 0 Å². The quantitative estimate of drug-likeness (QED) is 0.414. The number of alkyl halides is 1. The van der Waals surface area contributed by atoms with Gasteiger partial charge in [-0.05, 0) is 0 Å². The average molecular weight is 243 g/mol. The number of nitrogens with one attached hydrogen (secondary N) is 1. The van der Waals surface area contributed by atoms with Crippen LogP contribution in [-0.2, 0) is 0 Å². The van der Waals surface area contributed by atoms with Crippen LogP contribution in [0.15, 0.2) is 0 Å². The summed E-state index contributed by atoms with van der Waals surface area (Å²) in [5, 5.41) is 21.1. The fourth-order valence-electron chi connectivity index (χ4n) is 0.928. The molecule has 1 fully saturated rings. The Hall–Kier alpha value is 0.610. The predicted molar refractivity (Wildman–Crippen MR) is 42.7 cm³/mol. The highest BCUT2D eigenvalue weighted by molar-refractivity contribution is 14.1. The van der Waals surface area contributed by atoms with Crippen LogP contribution in [0.25, 0.3) is 0 Å².